The molecule has 2 aliphatic heterocycles. The molecule has 4 unspecified atom stereocenters. The van der Waals surface area contributed by atoms with Crippen LogP contribution in [0.5, 0.6) is 0 Å². The Morgan fingerprint density at radius 1 is 1.47 bits per heavy atom. The fourth-order valence-electron chi connectivity index (χ4n) is 2.89. The van der Waals surface area contributed by atoms with Gasteiger partial charge in [0.15, 0.2) is 0 Å². The van der Waals surface area contributed by atoms with Gasteiger partial charge in [0.2, 0.25) is 0 Å². The van der Waals surface area contributed by atoms with Gasteiger partial charge < -0.3 is 9.84 Å². The number of aliphatic carboxylic acids is 1. The van der Waals surface area contributed by atoms with Gasteiger partial charge in [0.25, 0.3) is 0 Å². The predicted molar refractivity (Wildman–Crippen MR) is 52.1 cm³/mol. The molecule has 2 heterocycles. The van der Waals surface area contributed by atoms with E-state index in [0.717, 1.165) is 12.8 Å². The minimum atomic E-state index is -0.795. The van der Waals surface area contributed by atoms with Crippen molar-refractivity contribution in [1.82, 2.24) is 0 Å². The van der Waals surface area contributed by atoms with Crippen molar-refractivity contribution >= 4 is 11.9 Å². The molecule has 3 fully saturated rings. The SMILES string of the molecule is CCC1CC2OC(=O)C1CC2CC(=O)O. The van der Waals surface area contributed by atoms with Gasteiger partial charge in [-0.1, -0.05) is 13.3 Å². The van der Waals surface area contributed by atoms with Crippen LogP contribution in [0.25, 0.3) is 0 Å². The molecule has 0 spiro atoms. The summed E-state index contributed by atoms with van der Waals surface area (Å²) in [6.07, 6.45) is 2.52. The molecule has 4 nitrogen and oxygen atoms in total. The van der Waals surface area contributed by atoms with Crippen molar-refractivity contribution in [3.05, 3.63) is 0 Å². The third-order valence-corrected chi connectivity index (χ3v) is 3.72. The van der Waals surface area contributed by atoms with Crippen molar-refractivity contribution in [2.75, 3.05) is 0 Å². The molecule has 2 bridgehead atoms. The Morgan fingerprint density at radius 2 is 2.20 bits per heavy atom. The van der Waals surface area contributed by atoms with E-state index in [1.165, 1.54) is 0 Å². The third kappa shape index (κ3) is 1.85. The first-order valence-electron chi connectivity index (χ1n) is 5.54. The van der Waals surface area contributed by atoms with Crippen LogP contribution in [-0.2, 0) is 14.3 Å². The Morgan fingerprint density at radius 3 is 2.73 bits per heavy atom. The Balaban J connectivity index is 2.07. The first-order chi connectivity index (χ1) is 7.11. The van der Waals surface area contributed by atoms with Gasteiger partial charge in [-0.15, -0.1) is 0 Å². The molecule has 84 valence electrons. The highest BCUT2D eigenvalue weighted by Gasteiger charge is 2.48. The van der Waals surface area contributed by atoms with E-state index in [-0.39, 0.29) is 30.3 Å². The molecule has 0 radical (unpaired) electrons. The molecule has 2 saturated heterocycles. The summed E-state index contributed by atoms with van der Waals surface area (Å²) in [5.74, 6) is -0.518. The lowest BCUT2D eigenvalue weighted by atomic mass is 9.68. The molecular weight excluding hydrogens is 196 g/mol. The maximum atomic E-state index is 11.5. The van der Waals surface area contributed by atoms with Crippen LogP contribution in [0.3, 0.4) is 0 Å². The number of carbonyl (C=O) groups is 2. The summed E-state index contributed by atoms with van der Waals surface area (Å²) in [6, 6.07) is 0. The number of fused-ring (bicyclic) bond motifs is 3. The molecular formula is C11H16O4. The Labute approximate surface area is 88.6 Å². The number of esters is 1. The lowest BCUT2D eigenvalue weighted by Crippen LogP contribution is -2.49. The van der Waals surface area contributed by atoms with Crippen molar-refractivity contribution in [1.29, 1.82) is 0 Å². The number of ether oxygens (including phenoxy) is 1. The number of hydrogen-bond acceptors (Lipinski definition) is 3. The monoisotopic (exact) mass is 212 g/mol. The highest BCUT2D eigenvalue weighted by molar-refractivity contribution is 5.75. The van der Waals surface area contributed by atoms with Crippen LogP contribution in [0.4, 0.5) is 0 Å². The quantitative estimate of drug-likeness (QED) is 0.719. The first-order valence-corrected chi connectivity index (χ1v) is 5.54. The molecule has 1 saturated carbocycles. The molecule has 3 aliphatic rings. The van der Waals surface area contributed by atoms with E-state index in [0.29, 0.717) is 12.3 Å². The van der Waals surface area contributed by atoms with Crippen LogP contribution in [0.1, 0.15) is 32.6 Å². The average Bonchev–Trinajstić information content (AvgIpc) is 2.18. The second kappa shape index (κ2) is 3.83. The smallest absolute Gasteiger partial charge is 0.309 e. The first kappa shape index (κ1) is 10.5. The van der Waals surface area contributed by atoms with Gasteiger partial charge in [-0.05, 0) is 18.8 Å². The fourth-order valence-corrected chi connectivity index (χ4v) is 2.89. The molecule has 0 amide bonds. The summed E-state index contributed by atoms with van der Waals surface area (Å²) in [5.41, 5.74) is 0. The summed E-state index contributed by atoms with van der Waals surface area (Å²) in [4.78, 5) is 22.1. The van der Waals surface area contributed by atoms with E-state index >= 15 is 0 Å². The molecule has 15 heavy (non-hydrogen) atoms. The van der Waals surface area contributed by atoms with Gasteiger partial charge in [-0.3, -0.25) is 9.59 Å². The van der Waals surface area contributed by atoms with Crippen LogP contribution in [0.2, 0.25) is 0 Å². The second-order valence-corrected chi connectivity index (χ2v) is 4.58. The summed E-state index contributed by atoms with van der Waals surface area (Å²) >= 11 is 0. The third-order valence-electron chi connectivity index (χ3n) is 3.72. The average molecular weight is 212 g/mol. The van der Waals surface area contributed by atoms with Gasteiger partial charge in [0, 0.05) is 5.92 Å². The van der Waals surface area contributed by atoms with Crippen molar-refractivity contribution in [3.63, 3.8) is 0 Å². The van der Waals surface area contributed by atoms with Crippen molar-refractivity contribution < 1.29 is 19.4 Å². The largest absolute Gasteiger partial charge is 0.481 e. The number of carboxylic acid groups (broad SMARTS) is 1. The molecule has 0 aromatic heterocycles. The van der Waals surface area contributed by atoms with Crippen LogP contribution in [0.15, 0.2) is 0 Å². The standard InChI is InChI=1S/C11H16O4/c1-2-6-4-9-7(5-10(12)13)3-8(6)11(14)15-9/h6-9H,2-5H2,1H3,(H,12,13). The lowest BCUT2D eigenvalue weighted by Gasteiger charge is -2.45. The minimum Gasteiger partial charge on any atom is -0.481 e. The van der Waals surface area contributed by atoms with Crippen LogP contribution in [-0.4, -0.2) is 23.1 Å². The molecule has 3 rings (SSSR count). The number of carbonyl (C=O) groups excluding carboxylic acids is 1. The highest BCUT2D eigenvalue weighted by atomic mass is 16.5. The van der Waals surface area contributed by atoms with E-state index in [1.54, 1.807) is 0 Å². The summed E-state index contributed by atoms with van der Waals surface area (Å²) in [5, 5.41) is 8.74. The second-order valence-electron chi connectivity index (χ2n) is 4.58. The zero-order chi connectivity index (χ0) is 11.0. The topological polar surface area (TPSA) is 63.6 Å². The number of hydrogen-bond donors (Lipinski definition) is 1. The fraction of sp³-hybridized carbons (Fsp3) is 0.818. The van der Waals surface area contributed by atoms with Gasteiger partial charge in [0.1, 0.15) is 6.10 Å². The normalized spacial score (nSPS) is 38.9. The van der Waals surface area contributed by atoms with Crippen molar-refractivity contribution in [3.8, 4) is 0 Å². The summed E-state index contributed by atoms with van der Waals surface area (Å²) in [7, 11) is 0. The summed E-state index contributed by atoms with van der Waals surface area (Å²) < 4.78 is 5.23. The van der Waals surface area contributed by atoms with E-state index in [4.69, 9.17) is 9.84 Å². The molecule has 4 heteroatoms. The van der Waals surface area contributed by atoms with Crippen molar-refractivity contribution in [2.24, 2.45) is 17.8 Å². The highest BCUT2D eigenvalue weighted by Crippen LogP contribution is 2.44. The molecule has 4 atom stereocenters. The zero-order valence-corrected chi connectivity index (χ0v) is 8.81. The van der Waals surface area contributed by atoms with Gasteiger partial charge in [-0.2, -0.15) is 0 Å². The molecule has 1 aliphatic carbocycles. The van der Waals surface area contributed by atoms with Crippen LogP contribution >= 0.6 is 0 Å². The van der Waals surface area contributed by atoms with E-state index < -0.39 is 5.97 Å². The maximum absolute atomic E-state index is 11.5. The van der Waals surface area contributed by atoms with E-state index in [2.05, 4.69) is 6.92 Å². The van der Waals surface area contributed by atoms with Gasteiger partial charge in [0.05, 0.1) is 12.3 Å². The maximum Gasteiger partial charge on any atom is 0.309 e. The molecule has 0 aromatic rings. The zero-order valence-electron chi connectivity index (χ0n) is 8.81. The van der Waals surface area contributed by atoms with Gasteiger partial charge in [-0.25, -0.2) is 0 Å². The predicted octanol–water partition coefficient (Wildman–Crippen LogP) is 1.44. The van der Waals surface area contributed by atoms with Crippen LogP contribution in [0, 0.1) is 17.8 Å². The van der Waals surface area contributed by atoms with E-state index in [1.807, 2.05) is 0 Å². The Hall–Kier alpha value is -1.06. The van der Waals surface area contributed by atoms with Crippen LogP contribution < -0.4 is 0 Å². The number of carboxylic acids is 1. The Bertz CT molecular complexity index is 286. The van der Waals surface area contributed by atoms with Gasteiger partial charge >= 0.3 is 11.9 Å². The minimum absolute atomic E-state index is 0.0352. The Kier molecular flexibility index (Phi) is 2.67. The van der Waals surface area contributed by atoms with E-state index in [9.17, 15) is 9.59 Å². The van der Waals surface area contributed by atoms with Crippen molar-refractivity contribution in [2.45, 2.75) is 38.7 Å². The molecule has 1 N–H and O–H groups in total. The summed E-state index contributed by atoms with van der Waals surface area (Å²) in [6.45, 7) is 2.07. The number of rotatable bonds is 3. The lowest BCUT2D eigenvalue weighted by molar-refractivity contribution is -0.185. The molecule has 0 aromatic carbocycles.